The summed E-state index contributed by atoms with van der Waals surface area (Å²) in [6.45, 7) is 6.48. The summed E-state index contributed by atoms with van der Waals surface area (Å²) in [4.78, 5) is 82.3. The van der Waals surface area contributed by atoms with Crippen molar-refractivity contribution in [3.8, 4) is 11.5 Å². The normalized spacial score (nSPS) is 14.0. The standard InChI is InChI=1S/C45H22Cl2F6N2O8/c1-3-35(56)62-33-17-11-21(19-31(33)54-39(58)25-9-5-7-23-29(46)15-13-27(37(23)25)41(54)60)43(44(48,49)50,45(51,52)53)22-12-18-34(63-36(57)4-2)32(20-22)55-40(59)26-10-6-8-24-30(47)16-14-28(38(24)26)42(55)61/h3-20H,1-2H2. The van der Waals surface area contributed by atoms with Gasteiger partial charge in [-0.05, 0) is 71.8 Å². The Labute approximate surface area is 360 Å². The minimum absolute atomic E-state index is 0.0468. The molecule has 6 aromatic carbocycles. The molecule has 0 aliphatic carbocycles. The second kappa shape index (κ2) is 15.0. The van der Waals surface area contributed by atoms with E-state index < -0.39 is 87.3 Å². The quantitative estimate of drug-likeness (QED) is 0.0486. The highest BCUT2D eigenvalue weighted by Crippen LogP contribution is 2.58. The average molecular weight is 904 g/mol. The molecule has 2 aliphatic rings. The molecule has 2 aliphatic heterocycles. The Bertz CT molecular complexity index is 2860. The number of alkyl halides is 6. The maximum atomic E-state index is 16.0. The maximum Gasteiger partial charge on any atom is 0.411 e. The summed E-state index contributed by atoms with van der Waals surface area (Å²) in [6.07, 6.45) is -11.5. The lowest BCUT2D eigenvalue weighted by atomic mass is 9.72. The number of rotatable bonds is 8. The zero-order valence-corrected chi connectivity index (χ0v) is 33.0. The van der Waals surface area contributed by atoms with E-state index in [9.17, 15) is 28.8 Å². The molecule has 4 amide bonds. The van der Waals surface area contributed by atoms with Gasteiger partial charge < -0.3 is 9.47 Å². The van der Waals surface area contributed by atoms with Crippen LogP contribution in [0.15, 0.2) is 122 Å². The lowest BCUT2D eigenvalue weighted by Crippen LogP contribution is -2.55. The van der Waals surface area contributed by atoms with Gasteiger partial charge >= 0.3 is 24.3 Å². The van der Waals surface area contributed by atoms with E-state index in [-0.39, 0.29) is 75.8 Å². The Kier molecular flexibility index (Phi) is 10.1. The van der Waals surface area contributed by atoms with Crippen LogP contribution in [-0.4, -0.2) is 47.9 Å². The van der Waals surface area contributed by atoms with Gasteiger partial charge in [0.15, 0.2) is 11.5 Å². The molecule has 0 atom stereocenters. The number of esters is 2. The number of carbonyl (C=O) groups is 6. The molecule has 6 aromatic rings. The molecule has 8 rings (SSSR count). The minimum Gasteiger partial charge on any atom is -0.421 e. The van der Waals surface area contributed by atoms with Crippen LogP contribution >= 0.6 is 23.2 Å². The minimum atomic E-state index is -6.38. The lowest BCUT2D eigenvalue weighted by molar-refractivity contribution is -0.288. The van der Waals surface area contributed by atoms with Crippen LogP contribution in [-0.2, 0) is 15.0 Å². The predicted octanol–water partition coefficient (Wildman–Crippen LogP) is 10.5. The highest BCUT2D eigenvalue weighted by molar-refractivity contribution is 6.42. The number of hydrogen-bond acceptors (Lipinski definition) is 8. The van der Waals surface area contributed by atoms with Gasteiger partial charge in [-0.3, -0.25) is 19.2 Å². The smallest absolute Gasteiger partial charge is 0.411 e. The number of halogens is 8. The molecule has 0 saturated carbocycles. The van der Waals surface area contributed by atoms with Crippen LogP contribution in [0.4, 0.5) is 37.7 Å². The fourth-order valence-electron chi connectivity index (χ4n) is 7.86. The monoisotopic (exact) mass is 902 g/mol. The topological polar surface area (TPSA) is 127 Å². The summed E-state index contributed by atoms with van der Waals surface area (Å²) in [7, 11) is 0. The summed E-state index contributed by atoms with van der Waals surface area (Å²) in [6, 6.07) is 15.3. The molecule has 2 heterocycles. The molecule has 316 valence electrons. The number of amides is 4. The van der Waals surface area contributed by atoms with E-state index in [2.05, 4.69) is 13.2 Å². The van der Waals surface area contributed by atoms with E-state index in [4.69, 9.17) is 32.7 Å². The van der Waals surface area contributed by atoms with E-state index in [0.29, 0.717) is 36.4 Å². The van der Waals surface area contributed by atoms with E-state index in [1.807, 2.05) is 0 Å². The average Bonchev–Trinajstić information content (AvgIpc) is 3.23. The van der Waals surface area contributed by atoms with E-state index in [0.717, 1.165) is 0 Å². The first-order valence-electron chi connectivity index (χ1n) is 18.1. The van der Waals surface area contributed by atoms with Crippen molar-refractivity contribution < 1.29 is 64.6 Å². The second-order valence-corrected chi connectivity index (χ2v) is 14.7. The first-order chi connectivity index (χ1) is 29.8. The highest BCUT2D eigenvalue weighted by Gasteiger charge is 2.73. The molecule has 0 spiro atoms. The molecule has 0 saturated heterocycles. The van der Waals surface area contributed by atoms with Crippen molar-refractivity contribution >= 4 is 91.7 Å². The van der Waals surface area contributed by atoms with Gasteiger partial charge in [0.05, 0.1) is 11.4 Å². The van der Waals surface area contributed by atoms with Gasteiger partial charge in [-0.1, -0.05) is 72.8 Å². The van der Waals surface area contributed by atoms with Gasteiger partial charge in [-0.15, -0.1) is 0 Å². The number of anilines is 2. The molecule has 0 bridgehead atoms. The molecule has 0 unspecified atom stereocenters. The second-order valence-electron chi connectivity index (χ2n) is 13.9. The van der Waals surface area contributed by atoms with Crippen LogP contribution in [0.2, 0.25) is 10.0 Å². The third-order valence-corrected chi connectivity index (χ3v) is 11.2. The molecule has 0 radical (unpaired) electrons. The Morgan fingerprint density at radius 1 is 0.524 bits per heavy atom. The van der Waals surface area contributed by atoms with Crippen molar-refractivity contribution in [1.82, 2.24) is 0 Å². The number of ether oxygens (including phenoxy) is 2. The van der Waals surface area contributed by atoms with Crippen LogP contribution in [0.5, 0.6) is 11.5 Å². The number of hydrogen-bond donors (Lipinski definition) is 0. The molecule has 0 aromatic heterocycles. The molecule has 18 heteroatoms. The fraction of sp³-hybridized carbons (Fsp3) is 0.0667. The lowest BCUT2D eigenvalue weighted by Gasteiger charge is -2.39. The molecule has 10 nitrogen and oxygen atoms in total. The van der Waals surface area contributed by atoms with E-state index in [1.54, 1.807) is 0 Å². The van der Waals surface area contributed by atoms with Crippen molar-refractivity contribution in [2.45, 2.75) is 17.8 Å². The van der Waals surface area contributed by atoms with Crippen molar-refractivity contribution in [3.63, 3.8) is 0 Å². The first kappa shape index (κ1) is 42.4. The maximum absolute atomic E-state index is 16.0. The summed E-state index contributed by atoms with van der Waals surface area (Å²) >= 11 is 12.6. The zero-order chi connectivity index (χ0) is 45.5. The fourth-order valence-corrected chi connectivity index (χ4v) is 8.31. The Morgan fingerprint density at radius 2 is 0.873 bits per heavy atom. The van der Waals surface area contributed by atoms with Gasteiger partial charge in [0.1, 0.15) is 0 Å². The summed E-state index contributed by atoms with van der Waals surface area (Å²) < 4.78 is 106. The molecular weight excluding hydrogens is 881 g/mol. The van der Waals surface area contributed by atoms with Gasteiger partial charge in [-0.25, -0.2) is 19.4 Å². The Morgan fingerprint density at radius 3 is 1.21 bits per heavy atom. The van der Waals surface area contributed by atoms with Crippen LogP contribution < -0.4 is 19.3 Å². The number of carbonyl (C=O) groups excluding carboxylic acids is 6. The molecular formula is C45H22Cl2F6N2O8. The van der Waals surface area contributed by atoms with Crippen LogP contribution in [0.1, 0.15) is 52.6 Å². The van der Waals surface area contributed by atoms with Crippen molar-refractivity contribution in [3.05, 3.63) is 166 Å². The predicted molar refractivity (Wildman–Crippen MR) is 218 cm³/mol. The number of imide groups is 2. The first-order valence-corrected chi connectivity index (χ1v) is 18.8. The molecule has 0 N–H and O–H groups in total. The zero-order valence-electron chi connectivity index (χ0n) is 31.5. The summed E-state index contributed by atoms with van der Waals surface area (Å²) in [5.74, 6) is -9.09. The van der Waals surface area contributed by atoms with Gasteiger partial charge in [0.2, 0.25) is 5.41 Å². The number of nitrogens with zero attached hydrogens (tertiary/aromatic N) is 2. The van der Waals surface area contributed by atoms with Crippen LogP contribution in [0.3, 0.4) is 0 Å². The Balaban J connectivity index is 1.40. The Hall–Kier alpha value is -7.30. The van der Waals surface area contributed by atoms with Crippen molar-refractivity contribution in [1.29, 1.82) is 0 Å². The largest absolute Gasteiger partial charge is 0.421 e. The van der Waals surface area contributed by atoms with Crippen molar-refractivity contribution in [2.75, 3.05) is 9.80 Å². The third-order valence-electron chi connectivity index (χ3n) is 10.6. The van der Waals surface area contributed by atoms with Gasteiger partial charge in [0, 0.05) is 66.0 Å². The van der Waals surface area contributed by atoms with Gasteiger partial charge in [0.25, 0.3) is 23.6 Å². The summed E-state index contributed by atoms with van der Waals surface area (Å²) in [5.41, 5.74) is -11.4. The molecule has 63 heavy (non-hydrogen) atoms. The van der Waals surface area contributed by atoms with Gasteiger partial charge in [-0.2, -0.15) is 26.3 Å². The molecule has 0 fully saturated rings. The van der Waals surface area contributed by atoms with Crippen LogP contribution in [0, 0.1) is 0 Å². The third kappa shape index (κ3) is 6.35. The summed E-state index contributed by atoms with van der Waals surface area (Å²) in [5, 5.41) is 0.809. The van der Waals surface area contributed by atoms with E-state index >= 15 is 26.3 Å². The SMILES string of the molecule is C=CC(=O)Oc1ccc(C(c2ccc(OC(=O)C=C)c(N3C(=O)c4cccc5c(Cl)ccc(c45)C3=O)c2)(C(F)(F)F)C(F)(F)F)cc1N1C(=O)c2cccc3c(Cl)ccc(c23)C1=O. The van der Waals surface area contributed by atoms with Crippen molar-refractivity contribution in [2.24, 2.45) is 0 Å². The van der Waals surface area contributed by atoms with E-state index in [1.165, 1.54) is 60.7 Å². The highest BCUT2D eigenvalue weighted by atomic mass is 35.5. The van der Waals surface area contributed by atoms with Crippen LogP contribution in [0.25, 0.3) is 21.5 Å². The number of benzene rings is 6.